The molecular weight excluding hydrogens is 314 g/mol. The van der Waals surface area contributed by atoms with Crippen LogP contribution in [0.5, 0.6) is 0 Å². The Labute approximate surface area is 144 Å². The Morgan fingerprint density at radius 3 is 2.80 bits per heavy atom. The van der Waals surface area contributed by atoms with Gasteiger partial charge >= 0.3 is 0 Å². The van der Waals surface area contributed by atoms with Crippen LogP contribution in [0, 0.1) is 5.92 Å². The molecule has 6 nitrogen and oxygen atoms in total. The maximum atomic E-state index is 13.0. The summed E-state index contributed by atoms with van der Waals surface area (Å²) in [5, 5.41) is 14.3. The van der Waals surface area contributed by atoms with E-state index < -0.39 is 0 Å². The maximum absolute atomic E-state index is 13.0. The highest BCUT2D eigenvalue weighted by Gasteiger charge is 2.47. The van der Waals surface area contributed by atoms with Gasteiger partial charge in [0.05, 0.1) is 0 Å². The number of benzene rings is 2. The molecule has 1 fully saturated rings. The van der Waals surface area contributed by atoms with Crippen molar-refractivity contribution >= 4 is 11.6 Å². The molecule has 25 heavy (non-hydrogen) atoms. The lowest BCUT2D eigenvalue weighted by atomic mass is 10.0. The third-order valence-corrected chi connectivity index (χ3v) is 5.22. The van der Waals surface area contributed by atoms with Crippen molar-refractivity contribution in [3.8, 4) is 11.4 Å². The average Bonchev–Trinajstić information content (AvgIpc) is 3.06. The Bertz CT molecular complexity index is 922. The largest absolute Gasteiger partial charge is 0.312 e. The van der Waals surface area contributed by atoms with Gasteiger partial charge in [0.25, 0.3) is 0 Å². The SMILES string of the molecule is O=C([C@@H]1C[C@H]1c1ccccc1)N1CCc2c(-c3nn[nH]n3)cccc21. The third-order valence-electron chi connectivity index (χ3n) is 5.22. The van der Waals surface area contributed by atoms with Gasteiger partial charge in [0.2, 0.25) is 11.7 Å². The molecule has 1 aromatic heterocycles. The minimum Gasteiger partial charge on any atom is -0.312 e. The van der Waals surface area contributed by atoms with E-state index in [-0.39, 0.29) is 11.8 Å². The van der Waals surface area contributed by atoms with Gasteiger partial charge in [-0.1, -0.05) is 42.5 Å². The van der Waals surface area contributed by atoms with Crippen LogP contribution in [0.4, 0.5) is 5.69 Å². The first kappa shape index (κ1) is 14.3. The zero-order valence-electron chi connectivity index (χ0n) is 13.6. The lowest BCUT2D eigenvalue weighted by Crippen LogP contribution is -2.30. The number of hydrogen-bond acceptors (Lipinski definition) is 4. The van der Waals surface area contributed by atoms with Crippen molar-refractivity contribution in [3.63, 3.8) is 0 Å². The Hall–Kier alpha value is -3.02. The van der Waals surface area contributed by atoms with E-state index >= 15 is 0 Å². The van der Waals surface area contributed by atoms with Gasteiger partial charge in [-0.3, -0.25) is 4.79 Å². The smallest absolute Gasteiger partial charge is 0.230 e. The molecule has 0 radical (unpaired) electrons. The number of fused-ring (bicyclic) bond motifs is 1. The van der Waals surface area contributed by atoms with Crippen LogP contribution in [0.2, 0.25) is 0 Å². The number of carbonyl (C=O) groups is 1. The molecular formula is C19H17N5O. The number of aromatic amines is 1. The van der Waals surface area contributed by atoms with Gasteiger partial charge in [0, 0.05) is 23.7 Å². The Morgan fingerprint density at radius 1 is 1.12 bits per heavy atom. The molecule has 0 saturated heterocycles. The molecule has 5 rings (SSSR count). The molecule has 124 valence electrons. The number of amides is 1. The normalized spacial score (nSPS) is 21.2. The van der Waals surface area contributed by atoms with Crippen LogP contribution >= 0.6 is 0 Å². The number of tetrazole rings is 1. The molecule has 0 bridgehead atoms. The van der Waals surface area contributed by atoms with E-state index in [0.29, 0.717) is 11.7 Å². The predicted molar refractivity (Wildman–Crippen MR) is 93.0 cm³/mol. The Kier molecular flexibility index (Phi) is 3.16. The van der Waals surface area contributed by atoms with Gasteiger partial charge in [0.15, 0.2) is 0 Å². The summed E-state index contributed by atoms with van der Waals surface area (Å²) in [5.41, 5.74) is 4.35. The fourth-order valence-corrected chi connectivity index (χ4v) is 3.89. The van der Waals surface area contributed by atoms with Crippen molar-refractivity contribution in [2.45, 2.75) is 18.8 Å². The van der Waals surface area contributed by atoms with E-state index in [2.05, 4.69) is 32.8 Å². The van der Waals surface area contributed by atoms with Gasteiger partial charge in [-0.25, -0.2) is 0 Å². The van der Waals surface area contributed by atoms with Crippen LogP contribution in [0.1, 0.15) is 23.5 Å². The van der Waals surface area contributed by atoms with Crippen molar-refractivity contribution in [2.75, 3.05) is 11.4 Å². The highest BCUT2D eigenvalue weighted by Crippen LogP contribution is 2.49. The van der Waals surface area contributed by atoms with E-state index in [9.17, 15) is 4.79 Å². The van der Waals surface area contributed by atoms with Crippen LogP contribution in [-0.4, -0.2) is 33.1 Å². The van der Waals surface area contributed by atoms with Crippen LogP contribution in [-0.2, 0) is 11.2 Å². The van der Waals surface area contributed by atoms with E-state index in [4.69, 9.17) is 0 Å². The first-order valence-corrected chi connectivity index (χ1v) is 8.55. The van der Waals surface area contributed by atoms with Crippen LogP contribution in [0.15, 0.2) is 48.5 Å². The summed E-state index contributed by atoms with van der Waals surface area (Å²) in [7, 11) is 0. The molecule has 0 spiro atoms. The fraction of sp³-hybridized carbons (Fsp3) is 0.263. The van der Waals surface area contributed by atoms with Crippen molar-refractivity contribution in [3.05, 3.63) is 59.7 Å². The number of hydrogen-bond donors (Lipinski definition) is 1. The van der Waals surface area contributed by atoms with E-state index in [0.717, 1.165) is 36.2 Å². The van der Waals surface area contributed by atoms with E-state index in [1.54, 1.807) is 0 Å². The Morgan fingerprint density at radius 2 is 2.00 bits per heavy atom. The second kappa shape index (κ2) is 5.51. The molecule has 2 atom stereocenters. The summed E-state index contributed by atoms with van der Waals surface area (Å²) < 4.78 is 0. The second-order valence-corrected chi connectivity index (χ2v) is 6.64. The van der Waals surface area contributed by atoms with Crippen LogP contribution < -0.4 is 4.90 Å². The minimum atomic E-state index is 0.0992. The summed E-state index contributed by atoms with van der Waals surface area (Å²) in [6.45, 7) is 0.723. The molecule has 1 aliphatic heterocycles. The monoisotopic (exact) mass is 331 g/mol. The van der Waals surface area contributed by atoms with Crippen molar-refractivity contribution < 1.29 is 4.79 Å². The first-order chi connectivity index (χ1) is 12.3. The van der Waals surface area contributed by atoms with Crippen molar-refractivity contribution in [2.24, 2.45) is 5.92 Å². The summed E-state index contributed by atoms with van der Waals surface area (Å²) in [4.78, 5) is 15.0. The molecule has 2 heterocycles. The van der Waals surface area contributed by atoms with Gasteiger partial charge in [-0.2, -0.15) is 5.21 Å². The molecule has 0 unspecified atom stereocenters. The van der Waals surface area contributed by atoms with Gasteiger partial charge in [0.1, 0.15) is 0 Å². The zero-order valence-corrected chi connectivity index (χ0v) is 13.6. The standard InChI is InChI=1S/C19H17N5O/c25-19(16-11-15(16)12-5-2-1-3-6-12)24-10-9-13-14(7-4-8-17(13)24)18-20-22-23-21-18/h1-8,15-16H,9-11H2,(H,20,21,22,23)/t15-,16+/m0/s1. The van der Waals surface area contributed by atoms with Crippen molar-refractivity contribution in [1.29, 1.82) is 0 Å². The maximum Gasteiger partial charge on any atom is 0.230 e. The molecule has 6 heteroatoms. The quantitative estimate of drug-likeness (QED) is 0.800. The van der Waals surface area contributed by atoms with Gasteiger partial charge in [-0.15, -0.1) is 10.2 Å². The lowest BCUT2D eigenvalue weighted by molar-refractivity contribution is -0.119. The highest BCUT2D eigenvalue weighted by molar-refractivity contribution is 6.00. The summed E-state index contributed by atoms with van der Waals surface area (Å²) in [6, 6.07) is 16.3. The number of carbonyl (C=O) groups excluding carboxylic acids is 1. The molecule has 1 aliphatic carbocycles. The molecule has 1 amide bonds. The predicted octanol–water partition coefficient (Wildman–Crippen LogP) is 2.56. The molecule has 1 N–H and O–H groups in total. The van der Waals surface area contributed by atoms with Crippen LogP contribution in [0.3, 0.4) is 0 Å². The molecule has 3 aromatic rings. The Balaban J connectivity index is 1.42. The molecule has 2 aromatic carbocycles. The molecule has 1 saturated carbocycles. The highest BCUT2D eigenvalue weighted by atomic mass is 16.2. The van der Waals surface area contributed by atoms with E-state index in [1.165, 1.54) is 5.56 Å². The van der Waals surface area contributed by atoms with Gasteiger partial charge < -0.3 is 4.90 Å². The number of aromatic nitrogens is 4. The first-order valence-electron chi connectivity index (χ1n) is 8.55. The molecule has 2 aliphatic rings. The lowest BCUT2D eigenvalue weighted by Gasteiger charge is -2.18. The third kappa shape index (κ3) is 2.33. The van der Waals surface area contributed by atoms with Crippen molar-refractivity contribution in [1.82, 2.24) is 20.6 Å². The summed E-state index contributed by atoms with van der Waals surface area (Å²) in [5.74, 6) is 1.28. The topological polar surface area (TPSA) is 74.8 Å². The zero-order chi connectivity index (χ0) is 16.8. The number of nitrogens with one attached hydrogen (secondary N) is 1. The number of H-pyrrole nitrogens is 1. The number of anilines is 1. The van der Waals surface area contributed by atoms with Crippen LogP contribution in [0.25, 0.3) is 11.4 Å². The average molecular weight is 331 g/mol. The minimum absolute atomic E-state index is 0.0992. The summed E-state index contributed by atoms with van der Waals surface area (Å²) >= 11 is 0. The number of rotatable bonds is 3. The summed E-state index contributed by atoms with van der Waals surface area (Å²) in [6.07, 6.45) is 1.77. The second-order valence-electron chi connectivity index (χ2n) is 6.64. The van der Waals surface area contributed by atoms with Gasteiger partial charge in [-0.05, 0) is 41.2 Å². The fourth-order valence-electron chi connectivity index (χ4n) is 3.89. The number of nitrogens with zero attached hydrogens (tertiary/aromatic N) is 4. The van der Waals surface area contributed by atoms with E-state index in [1.807, 2.05) is 41.3 Å².